The molecule has 0 unspecified atom stereocenters. The average Bonchev–Trinajstić information content (AvgIpc) is 3.03. The maximum absolute atomic E-state index is 6.75. The molecule has 4 aromatic carbocycles. The molecule has 0 aliphatic rings. The second-order valence-electron chi connectivity index (χ2n) is 8.87. The molecule has 0 spiro atoms. The summed E-state index contributed by atoms with van der Waals surface area (Å²) >= 11 is 0. The predicted octanol–water partition coefficient (Wildman–Crippen LogP) is 7.45. The van der Waals surface area contributed by atoms with Gasteiger partial charge in [-0.3, -0.25) is 0 Å². The quantitative estimate of drug-likeness (QED) is 0.133. The topological polar surface area (TPSA) is 64.6 Å². The maximum Gasteiger partial charge on any atom is 0.135 e. The lowest BCUT2D eigenvalue weighted by atomic mass is 10.1. The second kappa shape index (κ2) is 13.8. The molecule has 0 saturated heterocycles. The van der Waals surface area contributed by atoms with Crippen LogP contribution in [0.1, 0.15) is 22.3 Å². The normalized spacial score (nSPS) is 11.5. The van der Waals surface area contributed by atoms with E-state index in [4.69, 9.17) is 33.2 Å². The highest BCUT2D eigenvalue weighted by Gasteiger charge is 2.13. The molecule has 0 radical (unpaired) electrons. The molecule has 0 amide bonds. The highest BCUT2D eigenvalue weighted by atomic mass is 16.5. The van der Waals surface area contributed by atoms with Gasteiger partial charge in [-0.15, -0.1) is 0 Å². The highest BCUT2D eigenvalue weighted by Crippen LogP contribution is 2.34. The Morgan fingerprint density at radius 3 is 0.951 bits per heavy atom. The summed E-state index contributed by atoms with van der Waals surface area (Å²) < 4.78 is 39.5. The van der Waals surface area contributed by atoms with Crippen molar-refractivity contribution in [3.8, 4) is 34.5 Å². The van der Waals surface area contributed by atoms with Crippen molar-refractivity contribution in [1.82, 2.24) is 0 Å². The van der Waals surface area contributed by atoms with E-state index in [1.54, 1.807) is 42.7 Å². The van der Waals surface area contributed by atoms with Gasteiger partial charge in [-0.2, -0.15) is 0 Å². The van der Waals surface area contributed by atoms with Crippen LogP contribution in [0, 0.1) is 0 Å². The van der Waals surface area contributed by atoms with Gasteiger partial charge in [-0.25, -0.2) is 0 Å². The monoisotopic (exact) mass is 554 g/mol. The molecule has 0 atom stereocenters. The van der Waals surface area contributed by atoms with Crippen LogP contribution in [0.25, 0.3) is 23.7 Å². The van der Waals surface area contributed by atoms with Gasteiger partial charge in [0.15, 0.2) is 0 Å². The zero-order valence-electron chi connectivity index (χ0n) is 24.1. The van der Waals surface area contributed by atoms with Crippen molar-refractivity contribution in [3.63, 3.8) is 0 Å². The molecule has 0 N–H and O–H groups in total. The first-order valence-electron chi connectivity index (χ1n) is 12.8. The summed E-state index contributed by atoms with van der Waals surface area (Å²) in [6.45, 7) is 0. The minimum Gasteiger partial charge on any atom is -0.497 e. The molecule has 7 nitrogen and oxygen atoms in total. The molecule has 0 fully saturated rings. The summed E-state index contributed by atoms with van der Waals surface area (Å²) in [5.74, 6) is 5.34. The molecule has 212 valence electrons. The first-order valence-corrected chi connectivity index (χ1v) is 12.8. The Hall–Kier alpha value is -5.04. The van der Waals surface area contributed by atoms with Crippen LogP contribution in [0.2, 0.25) is 0 Å². The van der Waals surface area contributed by atoms with Crippen molar-refractivity contribution in [3.05, 3.63) is 107 Å². The van der Waals surface area contributed by atoms with Crippen LogP contribution in [0.3, 0.4) is 0 Å². The minimum atomic E-state index is 0.597. The standard InChI is InChI=1S/C34H34O7/c1-35-27-11-7-25(8-12-27)33(19-23-15-29(37-3)21-30(16-23)38-4)41-34(26-9-13-28(36-2)14-10-26)20-24-17-31(39-5)22-32(18-24)40-6/h7-22H,1-6H3. The third kappa shape index (κ3) is 7.54. The van der Waals surface area contributed by atoms with Gasteiger partial charge in [-0.1, -0.05) is 0 Å². The van der Waals surface area contributed by atoms with E-state index in [2.05, 4.69) is 0 Å². The first kappa shape index (κ1) is 29.0. The zero-order chi connectivity index (χ0) is 29.2. The fourth-order valence-corrected chi connectivity index (χ4v) is 4.10. The molecule has 0 heterocycles. The molecule has 0 saturated carbocycles. The Kier molecular flexibility index (Phi) is 9.78. The van der Waals surface area contributed by atoms with E-state index < -0.39 is 0 Å². The largest absolute Gasteiger partial charge is 0.497 e. The number of methoxy groups -OCH3 is 6. The smallest absolute Gasteiger partial charge is 0.135 e. The van der Waals surface area contributed by atoms with Crippen LogP contribution in [-0.2, 0) is 4.74 Å². The number of benzene rings is 4. The molecule has 4 rings (SSSR count). The second-order valence-corrected chi connectivity index (χ2v) is 8.87. The van der Waals surface area contributed by atoms with Crippen molar-refractivity contribution in [2.45, 2.75) is 0 Å². The van der Waals surface area contributed by atoms with Gasteiger partial charge in [0, 0.05) is 23.3 Å². The van der Waals surface area contributed by atoms with Gasteiger partial charge in [0.25, 0.3) is 0 Å². The highest BCUT2D eigenvalue weighted by molar-refractivity contribution is 5.86. The fraction of sp³-hybridized carbons (Fsp3) is 0.176. The van der Waals surface area contributed by atoms with E-state index in [0.29, 0.717) is 34.5 Å². The Morgan fingerprint density at radius 2 is 0.683 bits per heavy atom. The summed E-state index contributed by atoms with van der Waals surface area (Å²) in [7, 11) is 9.76. The SMILES string of the molecule is COc1ccc(C(=Cc2cc(OC)cc(OC)c2)OC(=Cc2cc(OC)cc(OC)c2)c2ccc(OC)cc2)cc1. The Labute approximate surface area is 241 Å². The van der Waals surface area contributed by atoms with E-state index in [9.17, 15) is 0 Å². The van der Waals surface area contributed by atoms with Crippen molar-refractivity contribution >= 4 is 23.7 Å². The average molecular weight is 555 g/mol. The molecule has 41 heavy (non-hydrogen) atoms. The van der Waals surface area contributed by atoms with Crippen molar-refractivity contribution in [2.24, 2.45) is 0 Å². The Balaban J connectivity index is 1.88. The van der Waals surface area contributed by atoms with Crippen LogP contribution in [0.4, 0.5) is 0 Å². The molecule has 0 aliphatic heterocycles. The van der Waals surface area contributed by atoms with Gasteiger partial charge in [0.2, 0.25) is 0 Å². The summed E-state index contributed by atoms with van der Waals surface area (Å²) in [5, 5.41) is 0. The van der Waals surface area contributed by atoms with Crippen molar-refractivity contribution in [2.75, 3.05) is 42.7 Å². The summed E-state index contributed by atoms with van der Waals surface area (Å²) in [5.41, 5.74) is 3.36. The van der Waals surface area contributed by atoms with Crippen LogP contribution >= 0.6 is 0 Å². The molecular weight excluding hydrogens is 520 g/mol. The van der Waals surface area contributed by atoms with Gasteiger partial charge in [0.05, 0.1) is 42.7 Å². The van der Waals surface area contributed by atoms with E-state index in [1.165, 1.54) is 0 Å². The maximum atomic E-state index is 6.75. The van der Waals surface area contributed by atoms with E-state index in [1.807, 2.05) is 97.1 Å². The van der Waals surface area contributed by atoms with E-state index in [-0.39, 0.29) is 0 Å². The lowest BCUT2D eigenvalue weighted by Gasteiger charge is -2.16. The lowest BCUT2D eigenvalue weighted by Crippen LogP contribution is -1.96. The van der Waals surface area contributed by atoms with Gasteiger partial charge in [0.1, 0.15) is 46.0 Å². The number of hydrogen-bond acceptors (Lipinski definition) is 7. The molecule has 4 aromatic rings. The first-order chi connectivity index (χ1) is 20.0. The number of rotatable bonds is 12. The molecule has 0 bridgehead atoms. The van der Waals surface area contributed by atoms with Crippen molar-refractivity contribution in [1.29, 1.82) is 0 Å². The molecular formula is C34H34O7. The Morgan fingerprint density at radius 1 is 0.390 bits per heavy atom. The third-order valence-corrected chi connectivity index (χ3v) is 6.31. The van der Waals surface area contributed by atoms with Gasteiger partial charge < -0.3 is 33.2 Å². The zero-order valence-corrected chi connectivity index (χ0v) is 24.1. The summed E-state index contributed by atoms with van der Waals surface area (Å²) in [6, 6.07) is 26.7. The molecule has 0 aliphatic carbocycles. The third-order valence-electron chi connectivity index (χ3n) is 6.31. The number of hydrogen-bond donors (Lipinski definition) is 0. The van der Waals surface area contributed by atoms with Gasteiger partial charge >= 0.3 is 0 Å². The summed E-state index contributed by atoms with van der Waals surface area (Å²) in [4.78, 5) is 0. The molecule has 0 aromatic heterocycles. The number of ether oxygens (including phenoxy) is 7. The van der Waals surface area contributed by atoms with Crippen LogP contribution in [0.15, 0.2) is 84.9 Å². The molecule has 7 heteroatoms. The van der Waals surface area contributed by atoms with E-state index >= 15 is 0 Å². The van der Waals surface area contributed by atoms with E-state index in [0.717, 1.165) is 33.8 Å². The van der Waals surface area contributed by atoms with Crippen LogP contribution in [0.5, 0.6) is 34.5 Å². The van der Waals surface area contributed by atoms with Crippen LogP contribution in [-0.4, -0.2) is 42.7 Å². The Bertz CT molecular complexity index is 1340. The minimum absolute atomic E-state index is 0.597. The predicted molar refractivity (Wildman–Crippen MR) is 162 cm³/mol. The van der Waals surface area contributed by atoms with Gasteiger partial charge in [-0.05, 0) is 96.1 Å². The van der Waals surface area contributed by atoms with Crippen molar-refractivity contribution < 1.29 is 33.2 Å². The van der Waals surface area contributed by atoms with Crippen LogP contribution < -0.4 is 28.4 Å². The summed E-state index contributed by atoms with van der Waals surface area (Å²) in [6.07, 6.45) is 3.88. The lowest BCUT2D eigenvalue weighted by molar-refractivity contribution is 0.394. The fourth-order valence-electron chi connectivity index (χ4n) is 4.10.